The van der Waals surface area contributed by atoms with Gasteiger partial charge in [-0.1, -0.05) is 45.0 Å². The molecule has 1 aromatic carbocycles. The van der Waals surface area contributed by atoms with Gasteiger partial charge in [0.1, 0.15) is 6.61 Å². The minimum atomic E-state index is -2.39. The molecule has 0 spiro atoms. The van der Waals surface area contributed by atoms with E-state index in [4.69, 9.17) is 4.74 Å². The molecule has 0 radical (unpaired) electrons. The highest BCUT2D eigenvalue weighted by atomic mass is 19.3. The van der Waals surface area contributed by atoms with Crippen molar-refractivity contribution < 1.29 is 13.5 Å². The Labute approximate surface area is 126 Å². The lowest BCUT2D eigenvalue weighted by atomic mass is 9.97. The van der Waals surface area contributed by atoms with Gasteiger partial charge in [0.25, 0.3) is 6.43 Å². The fraction of sp³-hybridized carbons (Fsp3) is 0.647. The number of ether oxygens (including phenoxy) is 1. The van der Waals surface area contributed by atoms with Crippen LogP contribution in [0.5, 0.6) is 0 Å². The Kier molecular flexibility index (Phi) is 8.47. The minimum Gasteiger partial charge on any atom is -0.375 e. The van der Waals surface area contributed by atoms with E-state index < -0.39 is 13.0 Å². The molecule has 0 aliphatic heterocycles. The van der Waals surface area contributed by atoms with E-state index in [1.54, 1.807) is 0 Å². The second-order valence-corrected chi connectivity index (χ2v) is 5.71. The molecular weight excluding hydrogens is 272 g/mol. The number of hydrogen-bond acceptors (Lipinski definition) is 2. The van der Waals surface area contributed by atoms with E-state index in [0.29, 0.717) is 18.9 Å². The van der Waals surface area contributed by atoms with Crippen LogP contribution in [0.1, 0.15) is 44.4 Å². The van der Waals surface area contributed by atoms with Crippen LogP contribution in [0, 0.1) is 5.92 Å². The monoisotopic (exact) mass is 299 g/mol. The fourth-order valence-electron chi connectivity index (χ4n) is 2.41. The van der Waals surface area contributed by atoms with Crippen molar-refractivity contribution in [2.75, 3.05) is 19.8 Å². The van der Waals surface area contributed by atoms with E-state index in [9.17, 15) is 8.78 Å². The Morgan fingerprint density at radius 3 is 2.62 bits per heavy atom. The predicted octanol–water partition coefficient (Wildman–Crippen LogP) is 4.21. The smallest absolute Gasteiger partial charge is 0.261 e. The molecule has 1 atom stereocenters. The van der Waals surface area contributed by atoms with Crippen molar-refractivity contribution in [1.29, 1.82) is 0 Å². The van der Waals surface area contributed by atoms with Gasteiger partial charge in [0.2, 0.25) is 0 Å². The fourth-order valence-corrected chi connectivity index (χ4v) is 2.41. The summed E-state index contributed by atoms with van der Waals surface area (Å²) in [7, 11) is 0. The van der Waals surface area contributed by atoms with Crippen LogP contribution in [-0.2, 0) is 11.2 Å². The van der Waals surface area contributed by atoms with E-state index >= 15 is 0 Å². The molecule has 0 saturated carbocycles. The molecule has 0 fully saturated rings. The van der Waals surface area contributed by atoms with E-state index in [2.05, 4.69) is 43.4 Å². The lowest BCUT2D eigenvalue weighted by molar-refractivity contribution is 0.0144. The first-order valence-electron chi connectivity index (χ1n) is 7.71. The molecule has 1 unspecified atom stereocenters. The van der Waals surface area contributed by atoms with Gasteiger partial charge in [0.05, 0.1) is 0 Å². The molecule has 1 rings (SSSR count). The number of hydrogen-bond donors (Lipinski definition) is 1. The molecule has 4 heteroatoms. The minimum absolute atomic E-state index is 0.153. The van der Waals surface area contributed by atoms with Crippen LogP contribution in [0.3, 0.4) is 0 Å². The third-order valence-electron chi connectivity index (χ3n) is 3.24. The molecule has 0 amide bonds. The Balaban J connectivity index is 2.62. The highest BCUT2D eigenvalue weighted by molar-refractivity contribution is 5.26. The molecule has 0 heterocycles. The summed E-state index contributed by atoms with van der Waals surface area (Å²) < 4.78 is 29.1. The summed E-state index contributed by atoms with van der Waals surface area (Å²) in [6.07, 6.45) is -0.641. The van der Waals surface area contributed by atoms with Gasteiger partial charge < -0.3 is 10.1 Å². The zero-order valence-corrected chi connectivity index (χ0v) is 13.2. The van der Waals surface area contributed by atoms with E-state index in [1.165, 1.54) is 11.1 Å². The molecule has 2 nitrogen and oxygen atoms in total. The van der Waals surface area contributed by atoms with Crippen molar-refractivity contribution in [2.45, 2.75) is 46.1 Å². The standard InChI is InChI=1S/C17H27F2NO/c1-4-20-16(8-9-21-12-17(18)19)15-7-5-6-14(11-15)10-13(2)3/h5-7,11,13,16-17,20H,4,8-10,12H2,1-3H3. The Morgan fingerprint density at radius 2 is 2.00 bits per heavy atom. The maximum atomic E-state index is 12.1. The van der Waals surface area contributed by atoms with Crippen LogP contribution >= 0.6 is 0 Å². The lowest BCUT2D eigenvalue weighted by Crippen LogP contribution is -2.23. The molecule has 1 N–H and O–H groups in total. The molecular formula is C17H27F2NO. The van der Waals surface area contributed by atoms with Gasteiger partial charge in [0.15, 0.2) is 0 Å². The zero-order chi connectivity index (χ0) is 15.7. The lowest BCUT2D eigenvalue weighted by Gasteiger charge is -2.19. The number of rotatable bonds is 10. The number of benzene rings is 1. The average Bonchev–Trinajstić information content (AvgIpc) is 2.41. The predicted molar refractivity (Wildman–Crippen MR) is 82.8 cm³/mol. The van der Waals surface area contributed by atoms with Gasteiger partial charge >= 0.3 is 0 Å². The summed E-state index contributed by atoms with van der Waals surface area (Å²) in [5, 5.41) is 3.40. The summed E-state index contributed by atoms with van der Waals surface area (Å²) in [5.41, 5.74) is 2.52. The van der Waals surface area contributed by atoms with Crippen LogP contribution < -0.4 is 5.32 Å². The molecule has 0 aromatic heterocycles. The van der Waals surface area contributed by atoms with Gasteiger partial charge in [-0.05, 0) is 36.4 Å². The van der Waals surface area contributed by atoms with Crippen LogP contribution in [-0.4, -0.2) is 26.2 Å². The van der Waals surface area contributed by atoms with Crippen molar-refractivity contribution >= 4 is 0 Å². The molecule has 0 aliphatic carbocycles. The molecule has 120 valence electrons. The summed E-state index contributed by atoms with van der Waals surface area (Å²) in [6.45, 7) is 7.15. The van der Waals surface area contributed by atoms with Crippen molar-refractivity contribution in [3.05, 3.63) is 35.4 Å². The van der Waals surface area contributed by atoms with Crippen molar-refractivity contribution in [2.24, 2.45) is 5.92 Å². The van der Waals surface area contributed by atoms with Crippen LogP contribution in [0.4, 0.5) is 8.78 Å². The highest BCUT2D eigenvalue weighted by Gasteiger charge is 2.12. The van der Waals surface area contributed by atoms with Crippen molar-refractivity contribution in [1.82, 2.24) is 5.32 Å². The Morgan fingerprint density at radius 1 is 1.24 bits per heavy atom. The second-order valence-electron chi connectivity index (χ2n) is 5.71. The van der Waals surface area contributed by atoms with E-state index in [0.717, 1.165) is 13.0 Å². The molecule has 0 aliphatic rings. The number of nitrogens with one attached hydrogen (secondary N) is 1. The summed E-state index contributed by atoms with van der Waals surface area (Å²) >= 11 is 0. The topological polar surface area (TPSA) is 21.3 Å². The average molecular weight is 299 g/mol. The van der Waals surface area contributed by atoms with Crippen LogP contribution in [0.15, 0.2) is 24.3 Å². The van der Waals surface area contributed by atoms with Gasteiger partial charge in [-0.25, -0.2) is 8.78 Å². The first-order valence-corrected chi connectivity index (χ1v) is 7.71. The molecule has 0 bridgehead atoms. The molecule has 0 saturated heterocycles. The molecule has 21 heavy (non-hydrogen) atoms. The first-order chi connectivity index (χ1) is 10.0. The number of alkyl halides is 2. The third kappa shape index (κ3) is 7.53. The molecule has 1 aromatic rings. The maximum absolute atomic E-state index is 12.1. The van der Waals surface area contributed by atoms with Crippen molar-refractivity contribution in [3.63, 3.8) is 0 Å². The van der Waals surface area contributed by atoms with Gasteiger partial charge in [-0.3, -0.25) is 0 Å². The Bertz CT molecular complexity index is 396. The Hall–Kier alpha value is -1.00. The van der Waals surface area contributed by atoms with Crippen molar-refractivity contribution in [3.8, 4) is 0 Å². The van der Waals surface area contributed by atoms with Gasteiger partial charge in [0, 0.05) is 12.6 Å². The summed E-state index contributed by atoms with van der Waals surface area (Å²) in [4.78, 5) is 0. The van der Waals surface area contributed by atoms with Gasteiger partial charge in [-0.15, -0.1) is 0 Å². The highest BCUT2D eigenvalue weighted by Crippen LogP contribution is 2.20. The largest absolute Gasteiger partial charge is 0.375 e. The quantitative estimate of drug-likeness (QED) is 0.654. The third-order valence-corrected chi connectivity index (χ3v) is 3.24. The normalized spacial score (nSPS) is 13.1. The first kappa shape index (κ1) is 18.1. The van der Waals surface area contributed by atoms with Gasteiger partial charge in [-0.2, -0.15) is 0 Å². The second kappa shape index (κ2) is 9.85. The van der Waals surface area contributed by atoms with E-state index in [1.807, 2.05) is 6.92 Å². The SMILES string of the molecule is CCNC(CCOCC(F)F)c1cccc(CC(C)C)c1. The summed E-state index contributed by atoms with van der Waals surface area (Å²) in [5.74, 6) is 0.618. The van der Waals surface area contributed by atoms with Crippen LogP contribution in [0.2, 0.25) is 0 Å². The van der Waals surface area contributed by atoms with Crippen LogP contribution in [0.25, 0.3) is 0 Å². The summed E-state index contributed by atoms with van der Waals surface area (Å²) in [6, 6.07) is 8.65. The maximum Gasteiger partial charge on any atom is 0.261 e. The zero-order valence-electron chi connectivity index (χ0n) is 13.2. The number of halogens is 2. The van der Waals surface area contributed by atoms with E-state index in [-0.39, 0.29) is 6.04 Å².